The van der Waals surface area contributed by atoms with Crippen LogP contribution in [0.4, 0.5) is 20.3 Å². The van der Waals surface area contributed by atoms with Gasteiger partial charge in [0.05, 0.1) is 17.6 Å². The van der Waals surface area contributed by atoms with Gasteiger partial charge in [0.2, 0.25) is 11.8 Å². The van der Waals surface area contributed by atoms with Gasteiger partial charge in [-0.1, -0.05) is 13.0 Å². The van der Waals surface area contributed by atoms with E-state index in [1.165, 1.54) is 37.8 Å². The highest BCUT2D eigenvalue weighted by atomic mass is 19.1. The molecule has 3 aromatic carbocycles. The lowest BCUT2D eigenvalue weighted by Crippen LogP contribution is -2.53. The molecule has 17 heteroatoms. The van der Waals surface area contributed by atoms with Crippen LogP contribution in [0.2, 0.25) is 0 Å². The highest BCUT2D eigenvalue weighted by molar-refractivity contribution is 6.06. The number of benzene rings is 3. The van der Waals surface area contributed by atoms with Gasteiger partial charge >= 0.3 is 6.01 Å². The standard InChI is InChI=1S/C57H67F2N9O6/c1-4-40-44(58)9-6-36-25-39(69)26-42(47(36)40)49-48(59)50-43(29-60-49)51(67-17-5-12-55(2,32-67)73-3)63-54(62-50)74-34-57(13-14-57)33-65-18-15-56(16-19-65)27-35(28-56)30-64-20-22-66(23-21-64)38-7-8-41-37(24-38)31-68(53(41)72)45-10-11-46(70)61-52(45)71/h6-9,24-26,29,35,45,69H,4-5,10-23,27-28,30-34H2,1-3H3,(H,61,70,71)/t45-,55+/m0/s1. The minimum absolute atomic E-state index is 0.0238. The molecule has 2 atom stereocenters. The van der Waals surface area contributed by atoms with Crippen molar-refractivity contribution >= 4 is 50.9 Å². The minimum Gasteiger partial charge on any atom is -0.508 e. The molecular weight excluding hydrogens is 945 g/mol. The minimum atomic E-state index is -0.681. The molecule has 390 valence electrons. The van der Waals surface area contributed by atoms with Gasteiger partial charge in [-0.05, 0) is 154 Å². The average molecular weight is 1010 g/mol. The Morgan fingerprint density at radius 3 is 2.42 bits per heavy atom. The Bertz CT molecular complexity index is 3060. The van der Waals surface area contributed by atoms with E-state index in [2.05, 4.69) is 42.9 Å². The van der Waals surface area contributed by atoms with Gasteiger partial charge in [-0.15, -0.1) is 0 Å². The van der Waals surface area contributed by atoms with E-state index < -0.39 is 23.3 Å². The number of nitrogens with zero attached hydrogens (tertiary/aromatic N) is 8. The maximum atomic E-state index is 17.3. The molecule has 74 heavy (non-hydrogen) atoms. The van der Waals surface area contributed by atoms with E-state index in [1.807, 2.05) is 19.1 Å². The number of halogens is 2. The average Bonchev–Trinajstić information content (AvgIpc) is 4.08. The van der Waals surface area contributed by atoms with Gasteiger partial charge in [0, 0.05) is 101 Å². The van der Waals surface area contributed by atoms with Crippen LogP contribution in [0.25, 0.3) is 32.9 Å². The molecule has 2 saturated carbocycles. The third-order valence-electron chi connectivity index (χ3n) is 18.0. The van der Waals surface area contributed by atoms with Gasteiger partial charge in [0.1, 0.15) is 34.6 Å². The molecule has 7 heterocycles. The predicted molar refractivity (Wildman–Crippen MR) is 277 cm³/mol. The highest BCUT2D eigenvalue weighted by Crippen LogP contribution is 2.54. The Morgan fingerprint density at radius 2 is 1.68 bits per heavy atom. The molecule has 2 aromatic heterocycles. The molecule has 2 N–H and O–H groups in total. The van der Waals surface area contributed by atoms with Crippen molar-refractivity contribution in [2.45, 2.75) is 103 Å². The Labute approximate surface area is 430 Å². The number of amides is 3. The van der Waals surface area contributed by atoms with E-state index in [9.17, 15) is 19.5 Å². The number of likely N-dealkylation sites (tertiary alicyclic amines) is 1. The molecule has 0 bridgehead atoms. The van der Waals surface area contributed by atoms with Crippen LogP contribution in [0.1, 0.15) is 99.5 Å². The molecule has 2 aliphatic carbocycles. The van der Waals surface area contributed by atoms with Gasteiger partial charge in [0.25, 0.3) is 5.91 Å². The lowest BCUT2D eigenvalue weighted by atomic mass is 9.57. The molecule has 4 saturated heterocycles. The molecule has 5 aromatic rings. The molecule has 15 nitrogen and oxygen atoms in total. The summed E-state index contributed by atoms with van der Waals surface area (Å²) >= 11 is 0. The van der Waals surface area contributed by atoms with Crippen LogP contribution in [0.5, 0.6) is 11.8 Å². The number of hydrogen-bond acceptors (Lipinski definition) is 13. The van der Waals surface area contributed by atoms with Gasteiger partial charge in [-0.3, -0.25) is 29.6 Å². The number of piperazine rings is 1. The number of ether oxygens (including phenoxy) is 2. The summed E-state index contributed by atoms with van der Waals surface area (Å²) in [6.07, 6.45) is 11.4. The Kier molecular flexibility index (Phi) is 12.5. The van der Waals surface area contributed by atoms with Gasteiger partial charge in [-0.25, -0.2) is 8.78 Å². The molecule has 0 radical (unpaired) electrons. The summed E-state index contributed by atoms with van der Waals surface area (Å²) in [4.78, 5) is 63.2. The number of phenols is 1. The first-order valence-corrected chi connectivity index (χ1v) is 26.9. The summed E-state index contributed by atoms with van der Waals surface area (Å²) in [6, 6.07) is 11.5. The molecule has 1 spiro atoms. The SMILES string of the molecule is CCc1c(F)ccc2cc(O)cc(-c3ncc4c(N5CCC[C@@](C)(OC)C5)nc(OCC5(CN6CCC7(CC6)CC(CN6CCN(c8ccc9c(c8)CN([C@H]8CCC(=O)NC8=O)C9=O)CC6)C7)CC5)nc4c3F)c12. The van der Waals surface area contributed by atoms with E-state index in [0.717, 1.165) is 89.3 Å². The topological polar surface area (TPSA) is 157 Å². The normalized spacial score (nSPS) is 24.2. The van der Waals surface area contributed by atoms with Crippen LogP contribution < -0.4 is 19.9 Å². The molecule has 3 amide bonds. The number of rotatable bonds is 13. The number of nitrogens with one attached hydrogen (secondary N) is 1. The van der Waals surface area contributed by atoms with E-state index in [1.54, 1.807) is 30.3 Å². The van der Waals surface area contributed by atoms with E-state index in [0.29, 0.717) is 89.1 Å². The number of carbonyl (C=O) groups excluding carboxylic acids is 3. The van der Waals surface area contributed by atoms with Crippen molar-refractivity contribution in [1.29, 1.82) is 0 Å². The number of pyridine rings is 1. The monoisotopic (exact) mass is 1010 g/mol. The first kappa shape index (κ1) is 48.9. The van der Waals surface area contributed by atoms with Crippen molar-refractivity contribution < 1.29 is 37.7 Å². The summed E-state index contributed by atoms with van der Waals surface area (Å²) in [7, 11) is 1.72. The first-order valence-electron chi connectivity index (χ1n) is 26.9. The maximum Gasteiger partial charge on any atom is 0.319 e. The van der Waals surface area contributed by atoms with Crippen LogP contribution in [0, 0.1) is 28.4 Å². The number of carbonyl (C=O) groups is 3. The Balaban J connectivity index is 0.664. The number of anilines is 2. The summed E-state index contributed by atoms with van der Waals surface area (Å²) in [5.74, 6) is -0.694. The van der Waals surface area contributed by atoms with Crippen molar-refractivity contribution in [3.63, 3.8) is 0 Å². The third kappa shape index (κ3) is 9.09. The third-order valence-corrected chi connectivity index (χ3v) is 18.0. The molecular formula is C57H67F2N9O6. The fourth-order valence-electron chi connectivity index (χ4n) is 13.5. The second-order valence-corrected chi connectivity index (χ2v) is 23.0. The molecule has 5 aliphatic heterocycles. The number of aromatic hydroxyl groups is 1. The van der Waals surface area contributed by atoms with Crippen LogP contribution in [-0.4, -0.2) is 143 Å². The van der Waals surface area contributed by atoms with Crippen molar-refractivity contribution in [2.24, 2.45) is 16.7 Å². The second-order valence-electron chi connectivity index (χ2n) is 23.0. The van der Waals surface area contributed by atoms with Crippen molar-refractivity contribution in [3.8, 4) is 23.0 Å². The lowest BCUT2D eigenvalue weighted by molar-refractivity contribution is -0.136. The summed E-state index contributed by atoms with van der Waals surface area (Å²) < 4.78 is 45.0. The number of aryl methyl sites for hydroxylation is 1. The Hall–Kier alpha value is -6.04. The van der Waals surface area contributed by atoms with Crippen LogP contribution in [0.3, 0.4) is 0 Å². The Morgan fingerprint density at radius 1 is 0.878 bits per heavy atom. The number of hydrogen-bond donors (Lipinski definition) is 2. The van der Waals surface area contributed by atoms with Crippen molar-refractivity contribution in [1.82, 2.24) is 35.0 Å². The summed E-state index contributed by atoms with van der Waals surface area (Å²) in [6.45, 7) is 14.1. The second kappa shape index (κ2) is 19.0. The maximum absolute atomic E-state index is 17.3. The van der Waals surface area contributed by atoms with E-state index in [-0.39, 0.29) is 52.5 Å². The molecule has 0 unspecified atom stereocenters. The lowest BCUT2D eigenvalue weighted by Gasteiger charge is -2.54. The fourth-order valence-corrected chi connectivity index (χ4v) is 13.5. The first-order chi connectivity index (χ1) is 35.7. The number of aromatic nitrogens is 3. The smallest absolute Gasteiger partial charge is 0.319 e. The van der Waals surface area contributed by atoms with Crippen LogP contribution in [0.15, 0.2) is 48.7 Å². The number of methoxy groups -OCH3 is 1. The van der Waals surface area contributed by atoms with Crippen molar-refractivity contribution in [2.75, 3.05) is 89.0 Å². The number of phenolic OH excluding ortho intramolecular Hbond substituents is 1. The zero-order valence-corrected chi connectivity index (χ0v) is 42.9. The zero-order valence-electron chi connectivity index (χ0n) is 42.9. The summed E-state index contributed by atoms with van der Waals surface area (Å²) in [5.41, 5.74) is 3.46. The fraction of sp³-hybridized carbons (Fsp3) is 0.544. The van der Waals surface area contributed by atoms with Gasteiger partial charge < -0.3 is 34.2 Å². The van der Waals surface area contributed by atoms with E-state index >= 15 is 8.78 Å². The molecule has 7 aliphatic rings. The number of piperidine rings is 3. The number of fused-ring (bicyclic) bond motifs is 3. The van der Waals surface area contributed by atoms with Gasteiger partial charge in [0.15, 0.2) is 5.82 Å². The zero-order chi connectivity index (χ0) is 51.1. The largest absolute Gasteiger partial charge is 0.508 e. The quantitative estimate of drug-likeness (QED) is 0.111. The predicted octanol–water partition coefficient (Wildman–Crippen LogP) is 7.63. The van der Waals surface area contributed by atoms with Crippen LogP contribution in [-0.2, 0) is 27.3 Å². The van der Waals surface area contributed by atoms with Gasteiger partial charge in [-0.2, -0.15) is 9.97 Å². The molecule has 6 fully saturated rings. The molecule has 12 rings (SSSR count). The van der Waals surface area contributed by atoms with E-state index in [4.69, 9.17) is 19.4 Å². The highest BCUT2D eigenvalue weighted by Gasteiger charge is 2.50. The summed E-state index contributed by atoms with van der Waals surface area (Å²) in [5, 5.41) is 14.7. The van der Waals surface area contributed by atoms with Crippen LogP contribution >= 0.6 is 0 Å². The number of imide groups is 1. The van der Waals surface area contributed by atoms with Crippen molar-refractivity contribution in [3.05, 3.63) is 77.0 Å².